The van der Waals surface area contributed by atoms with Crippen LogP contribution in [0.2, 0.25) is 0 Å². The standard InChI is InChI=1S/C13H20N2O4S/c1-2-15-9-11(20(14,17)18)8-12(15)13(16)19-7-6-10-4-3-5-10/h8-10H,2-7H2,1H3,(H2,14,17,18). The molecule has 1 fully saturated rings. The van der Waals surface area contributed by atoms with Gasteiger partial charge >= 0.3 is 5.97 Å². The number of rotatable bonds is 6. The third-order valence-corrected chi connectivity index (χ3v) is 4.61. The fourth-order valence-electron chi connectivity index (χ4n) is 2.25. The second-order valence-corrected chi connectivity index (χ2v) is 6.68. The molecule has 0 spiro atoms. The summed E-state index contributed by atoms with van der Waals surface area (Å²) < 4.78 is 29.3. The molecule has 0 atom stereocenters. The Hall–Kier alpha value is -1.34. The number of aromatic nitrogens is 1. The van der Waals surface area contributed by atoms with Crippen LogP contribution >= 0.6 is 0 Å². The highest BCUT2D eigenvalue weighted by Gasteiger charge is 2.21. The Kier molecular flexibility index (Phi) is 4.49. The van der Waals surface area contributed by atoms with Gasteiger partial charge in [0, 0.05) is 12.7 Å². The van der Waals surface area contributed by atoms with Gasteiger partial charge in [0.25, 0.3) is 0 Å². The Morgan fingerprint density at radius 3 is 2.70 bits per heavy atom. The van der Waals surface area contributed by atoms with E-state index < -0.39 is 16.0 Å². The van der Waals surface area contributed by atoms with Gasteiger partial charge in [-0.25, -0.2) is 18.4 Å². The molecule has 2 rings (SSSR count). The van der Waals surface area contributed by atoms with Crippen LogP contribution in [0.4, 0.5) is 0 Å². The van der Waals surface area contributed by atoms with Gasteiger partial charge in [0.2, 0.25) is 10.0 Å². The molecule has 1 aromatic rings. The molecular formula is C13H20N2O4S. The summed E-state index contributed by atoms with van der Waals surface area (Å²) in [5, 5.41) is 5.07. The lowest BCUT2D eigenvalue weighted by Crippen LogP contribution is -2.17. The van der Waals surface area contributed by atoms with Gasteiger partial charge < -0.3 is 9.30 Å². The highest BCUT2D eigenvalue weighted by molar-refractivity contribution is 7.89. The van der Waals surface area contributed by atoms with Crippen LogP contribution in [-0.2, 0) is 21.3 Å². The lowest BCUT2D eigenvalue weighted by Gasteiger charge is -2.24. The Morgan fingerprint density at radius 1 is 1.50 bits per heavy atom. The largest absolute Gasteiger partial charge is 0.461 e. The van der Waals surface area contributed by atoms with E-state index in [4.69, 9.17) is 9.88 Å². The van der Waals surface area contributed by atoms with Crippen molar-refractivity contribution in [2.45, 2.75) is 44.0 Å². The van der Waals surface area contributed by atoms with Crippen molar-refractivity contribution >= 4 is 16.0 Å². The van der Waals surface area contributed by atoms with Crippen LogP contribution in [-0.4, -0.2) is 25.6 Å². The monoisotopic (exact) mass is 300 g/mol. The first-order chi connectivity index (χ1) is 9.41. The minimum Gasteiger partial charge on any atom is -0.461 e. The smallest absolute Gasteiger partial charge is 0.354 e. The Balaban J connectivity index is 2.02. The third kappa shape index (κ3) is 3.40. The molecule has 2 N–H and O–H groups in total. The number of hydrogen-bond acceptors (Lipinski definition) is 4. The van der Waals surface area contributed by atoms with Crippen LogP contribution < -0.4 is 5.14 Å². The van der Waals surface area contributed by atoms with Crippen molar-refractivity contribution in [3.8, 4) is 0 Å². The van der Waals surface area contributed by atoms with Gasteiger partial charge in [-0.1, -0.05) is 19.3 Å². The topological polar surface area (TPSA) is 91.4 Å². The van der Waals surface area contributed by atoms with Gasteiger partial charge in [-0.2, -0.15) is 0 Å². The predicted octanol–water partition coefficient (Wildman–Crippen LogP) is 1.50. The molecule has 0 saturated heterocycles. The van der Waals surface area contributed by atoms with Gasteiger partial charge in [-0.15, -0.1) is 0 Å². The summed E-state index contributed by atoms with van der Waals surface area (Å²) in [5.74, 6) is 0.168. The Morgan fingerprint density at radius 2 is 2.20 bits per heavy atom. The maximum Gasteiger partial charge on any atom is 0.354 e. The first-order valence-electron chi connectivity index (χ1n) is 6.82. The second-order valence-electron chi connectivity index (χ2n) is 5.11. The molecule has 1 heterocycles. The molecule has 1 aliphatic carbocycles. The van der Waals surface area contributed by atoms with E-state index in [1.807, 2.05) is 6.92 Å². The molecule has 112 valence electrons. The van der Waals surface area contributed by atoms with Crippen LogP contribution in [0.15, 0.2) is 17.2 Å². The normalized spacial score (nSPS) is 15.9. The minimum absolute atomic E-state index is 0.0645. The molecule has 0 aromatic carbocycles. The van der Waals surface area contributed by atoms with Crippen molar-refractivity contribution < 1.29 is 17.9 Å². The van der Waals surface area contributed by atoms with Crippen LogP contribution in [0.3, 0.4) is 0 Å². The van der Waals surface area contributed by atoms with Gasteiger partial charge in [-0.05, 0) is 25.3 Å². The van der Waals surface area contributed by atoms with Gasteiger partial charge in [0.1, 0.15) is 10.6 Å². The number of ether oxygens (including phenoxy) is 1. The molecule has 6 nitrogen and oxygen atoms in total. The van der Waals surface area contributed by atoms with E-state index in [1.165, 1.54) is 36.1 Å². The first-order valence-corrected chi connectivity index (χ1v) is 8.36. The number of aryl methyl sites for hydroxylation is 1. The number of esters is 1. The first kappa shape index (κ1) is 15.1. The number of nitrogens with two attached hydrogens (primary N) is 1. The van der Waals surface area contributed by atoms with E-state index in [9.17, 15) is 13.2 Å². The van der Waals surface area contributed by atoms with E-state index in [1.54, 1.807) is 0 Å². The Bertz CT molecular complexity index is 588. The van der Waals surface area contributed by atoms with Crippen molar-refractivity contribution in [3.05, 3.63) is 18.0 Å². The number of primary sulfonamides is 1. The van der Waals surface area contributed by atoms with Crippen molar-refractivity contribution in [1.29, 1.82) is 0 Å². The maximum absolute atomic E-state index is 12.0. The van der Waals surface area contributed by atoms with Crippen molar-refractivity contribution in [2.24, 2.45) is 11.1 Å². The second kappa shape index (κ2) is 5.97. The summed E-state index contributed by atoms with van der Waals surface area (Å²) in [6, 6.07) is 1.27. The van der Waals surface area contributed by atoms with Gasteiger partial charge in [-0.3, -0.25) is 0 Å². The van der Waals surface area contributed by atoms with E-state index in [0.717, 1.165) is 6.42 Å². The predicted molar refractivity (Wildman–Crippen MR) is 73.7 cm³/mol. The number of carbonyl (C=O) groups excluding carboxylic acids is 1. The Labute approximate surface area is 119 Å². The van der Waals surface area contributed by atoms with E-state index >= 15 is 0 Å². The number of sulfonamides is 1. The number of nitrogens with zero attached hydrogens (tertiary/aromatic N) is 1. The van der Waals surface area contributed by atoms with Crippen LogP contribution in [0, 0.1) is 5.92 Å². The fourth-order valence-corrected chi connectivity index (χ4v) is 2.80. The molecule has 0 aliphatic heterocycles. The van der Waals surface area contributed by atoms with E-state index in [2.05, 4.69) is 0 Å². The zero-order valence-corrected chi connectivity index (χ0v) is 12.4. The summed E-state index contributed by atoms with van der Waals surface area (Å²) in [6.45, 7) is 2.67. The summed E-state index contributed by atoms with van der Waals surface area (Å²) in [5.41, 5.74) is 0.227. The molecule has 1 aliphatic rings. The molecule has 20 heavy (non-hydrogen) atoms. The highest BCUT2D eigenvalue weighted by atomic mass is 32.2. The average molecular weight is 300 g/mol. The SMILES string of the molecule is CCn1cc(S(N)(=O)=O)cc1C(=O)OCCC1CCC1. The minimum atomic E-state index is -3.81. The maximum atomic E-state index is 12.0. The number of carbonyl (C=O) groups is 1. The summed E-state index contributed by atoms with van der Waals surface area (Å²) in [4.78, 5) is 11.9. The summed E-state index contributed by atoms with van der Waals surface area (Å²) in [7, 11) is -3.81. The molecule has 7 heteroatoms. The van der Waals surface area contributed by atoms with Crippen molar-refractivity contribution in [3.63, 3.8) is 0 Å². The van der Waals surface area contributed by atoms with Gasteiger partial charge in [0.15, 0.2) is 0 Å². The number of hydrogen-bond donors (Lipinski definition) is 1. The zero-order chi connectivity index (χ0) is 14.8. The van der Waals surface area contributed by atoms with E-state index in [0.29, 0.717) is 19.1 Å². The molecule has 1 aromatic heterocycles. The fraction of sp³-hybridized carbons (Fsp3) is 0.615. The van der Waals surface area contributed by atoms with E-state index in [-0.39, 0.29) is 10.6 Å². The highest BCUT2D eigenvalue weighted by Crippen LogP contribution is 2.29. The summed E-state index contributed by atoms with van der Waals surface area (Å²) in [6.07, 6.45) is 5.91. The quantitative estimate of drug-likeness (QED) is 0.806. The zero-order valence-electron chi connectivity index (χ0n) is 11.5. The van der Waals surface area contributed by atoms with Crippen LogP contribution in [0.1, 0.15) is 43.1 Å². The lowest BCUT2D eigenvalue weighted by atomic mass is 9.83. The van der Waals surface area contributed by atoms with Crippen molar-refractivity contribution in [2.75, 3.05) is 6.61 Å². The average Bonchev–Trinajstić information content (AvgIpc) is 2.75. The molecule has 0 bridgehead atoms. The third-order valence-electron chi connectivity index (χ3n) is 3.73. The van der Waals surface area contributed by atoms with Crippen molar-refractivity contribution in [1.82, 2.24) is 4.57 Å². The molecular weight excluding hydrogens is 280 g/mol. The summed E-state index contributed by atoms with van der Waals surface area (Å²) >= 11 is 0. The molecule has 0 unspecified atom stereocenters. The van der Waals surface area contributed by atoms with Gasteiger partial charge in [0.05, 0.1) is 6.61 Å². The van der Waals surface area contributed by atoms with Crippen LogP contribution in [0.25, 0.3) is 0 Å². The molecule has 0 radical (unpaired) electrons. The lowest BCUT2D eigenvalue weighted by molar-refractivity contribution is 0.0452. The van der Waals surface area contributed by atoms with Crippen LogP contribution in [0.5, 0.6) is 0 Å². The molecule has 0 amide bonds. The molecule has 1 saturated carbocycles.